The van der Waals surface area contributed by atoms with Crippen LogP contribution >= 0.6 is 0 Å². The Labute approximate surface area is 125 Å². The van der Waals surface area contributed by atoms with Crippen molar-refractivity contribution >= 4 is 21.2 Å². The lowest BCUT2D eigenvalue weighted by molar-refractivity contribution is -0.384. The molecular formula is C13H11FN2O5S. The minimum absolute atomic E-state index is 0.0728. The first-order valence-electron chi connectivity index (χ1n) is 5.90. The van der Waals surface area contributed by atoms with Crippen LogP contribution in [0, 0.1) is 15.9 Å². The van der Waals surface area contributed by atoms with Crippen molar-refractivity contribution in [3.05, 3.63) is 52.3 Å². The molecule has 116 valence electrons. The highest BCUT2D eigenvalue weighted by Crippen LogP contribution is 2.32. The molecule has 9 heteroatoms. The molecule has 0 amide bonds. The Bertz CT molecular complexity index is 834. The molecule has 0 atom stereocenters. The molecule has 2 N–H and O–H groups in total. The third-order valence-corrected chi connectivity index (χ3v) is 3.89. The summed E-state index contributed by atoms with van der Waals surface area (Å²) in [6.45, 7) is 0. The Kier molecular flexibility index (Phi) is 4.00. The van der Waals surface area contributed by atoms with E-state index in [0.717, 1.165) is 18.4 Å². The van der Waals surface area contributed by atoms with Crippen molar-refractivity contribution in [2.24, 2.45) is 0 Å². The van der Waals surface area contributed by atoms with Crippen molar-refractivity contribution in [1.82, 2.24) is 0 Å². The number of sulfone groups is 1. The molecule has 0 fully saturated rings. The molecule has 0 aromatic heterocycles. The standard InChI is InChI=1S/C13H11FN2O5S/c1-22(19,20)9-4-2-8(3-5-9)21-13-7-12(16(17)18)11(15)6-10(13)14/h2-7H,15H2,1H3. The average molecular weight is 326 g/mol. The number of nitrogens with zero attached hydrogens (tertiary/aromatic N) is 1. The van der Waals surface area contributed by atoms with E-state index in [2.05, 4.69) is 0 Å². The van der Waals surface area contributed by atoms with Gasteiger partial charge in [-0.25, -0.2) is 12.8 Å². The molecule has 0 aliphatic rings. The molecule has 0 spiro atoms. The zero-order chi connectivity index (χ0) is 16.5. The summed E-state index contributed by atoms with van der Waals surface area (Å²) in [4.78, 5) is 10.1. The van der Waals surface area contributed by atoms with E-state index >= 15 is 0 Å². The Balaban J connectivity index is 2.35. The molecule has 7 nitrogen and oxygen atoms in total. The quantitative estimate of drug-likeness (QED) is 0.525. The lowest BCUT2D eigenvalue weighted by Gasteiger charge is -2.08. The second-order valence-corrected chi connectivity index (χ2v) is 6.46. The van der Waals surface area contributed by atoms with Gasteiger partial charge in [-0.3, -0.25) is 10.1 Å². The minimum atomic E-state index is -3.36. The monoisotopic (exact) mass is 326 g/mol. The number of benzene rings is 2. The Hall–Kier alpha value is -2.68. The number of hydrogen-bond donors (Lipinski definition) is 1. The third-order valence-electron chi connectivity index (χ3n) is 2.76. The number of hydrogen-bond acceptors (Lipinski definition) is 6. The predicted octanol–water partition coefficient (Wildman–Crippen LogP) is 2.51. The van der Waals surface area contributed by atoms with E-state index in [0.29, 0.717) is 0 Å². The number of nitro groups is 1. The van der Waals surface area contributed by atoms with Crippen LogP contribution in [0.25, 0.3) is 0 Å². The summed E-state index contributed by atoms with van der Waals surface area (Å²) in [5.74, 6) is -1.12. The van der Waals surface area contributed by atoms with E-state index < -0.39 is 26.3 Å². The Morgan fingerprint density at radius 1 is 1.23 bits per heavy atom. The SMILES string of the molecule is CS(=O)(=O)c1ccc(Oc2cc([N+](=O)[O-])c(N)cc2F)cc1. The van der Waals surface area contributed by atoms with E-state index in [4.69, 9.17) is 10.5 Å². The molecule has 2 rings (SSSR count). The van der Waals surface area contributed by atoms with Gasteiger partial charge in [-0.2, -0.15) is 0 Å². The normalized spacial score (nSPS) is 11.2. The van der Waals surface area contributed by atoms with Crippen molar-refractivity contribution in [1.29, 1.82) is 0 Å². The third kappa shape index (κ3) is 3.31. The molecule has 2 aromatic rings. The summed E-state index contributed by atoms with van der Waals surface area (Å²) in [5.41, 5.74) is 4.55. The smallest absolute Gasteiger partial charge is 0.296 e. The molecule has 0 saturated heterocycles. The second kappa shape index (κ2) is 5.60. The summed E-state index contributed by atoms with van der Waals surface area (Å²) in [6, 6.07) is 6.87. The molecule has 0 unspecified atom stereocenters. The first-order valence-corrected chi connectivity index (χ1v) is 7.79. The van der Waals surface area contributed by atoms with Crippen LogP contribution in [-0.4, -0.2) is 19.6 Å². The van der Waals surface area contributed by atoms with Gasteiger partial charge in [-0.05, 0) is 24.3 Å². The topological polar surface area (TPSA) is 113 Å². The second-order valence-electron chi connectivity index (χ2n) is 4.44. The average Bonchev–Trinajstić information content (AvgIpc) is 2.41. The maximum absolute atomic E-state index is 13.7. The summed E-state index contributed by atoms with van der Waals surface area (Å²) in [6.07, 6.45) is 1.05. The minimum Gasteiger partial charge on any atom is -0.454 e. The van der Waals surface area contributed by atoms with Crippen molar-refractivity contribution < 1.29 is 22.5 Å². The van der Waals surface area contributed by atoms with Gasteiger partial charge in [0, 0.05) is 12.3 Å². The molecule has 0 saturated carbocycles. The van der Waals surface area contributed by atoms with Gasteiger partial charge in [0.15, 0.2) is 21.4 Å². The van der Waals surface area contributed by atoms with Gasteiger partial charge in [0.2, 0.25) is 0 Å². The number of rotatable bonds is 4. The zero-order valence-corrected chi connectivity index (χ0v) is 12.1. The molecule has 0 heterocycles. The van der Waals surface area contributed by atoms with Gasteiger partial charge in [-0.15, -0.1) is 0 Å². The van der Waals surface area contributed by atoms with Gasteiger partial charge in [-0.1, -0.05) is 0 Å². The molecular weight excluding hydrogens is 315 g/mol. The van der Waals surface area contributed by atoms with E-state index in [9.17, 15) is 22.9 Å². The number of ether oxygens (including phenoxy) is 1. The van der Waals surface area contributed by atoms with Crippen molar-refractivity contribution in [3.8, 4) is 11.5 Å². The molecule has 0 aliphatic carbocycles. The maximum Gasteiger partial charge on any atom is 0.296 e. The largest absolute Gasteiger partial charge is 0.454 e. The van der Waals surface area contributed by atoms with E-state index in [1.165, 1.54) is 24.3 Å². The summed E-state index contributed by atoms with van der Waals surface area (Å²) in [7, 11) is -3.36. The lowest BCUT2D eigenvalue weighted by Crippen LogP contribution is -1.99. The Morgan fingerprint density at radius 3 is 2.32 bits per heavy atom. The fourth-order valence-electron chi connectivity index (χ4n) is 1.68. The van der Waals surface area contributed by atoms with Crippen LogP contribution in [0.1, 0.15) is 0 Å². The van der Waals surface area contributed by atoms with Crippen LogP contribution in [0.4, 0.5) is 15.8 Å². The first kappa shape index (κ1) is 15.7. The van der Waals surface area contributed by atoms with Gasteiger partial charge < -0.3 is 10.5 Å². The number of nitro benzene ring substituents is 1. The number of halogens is 1. The van der Waals surface area contributed by atoms with Crippen LogP contribution in [0.15, 0.2) is 41.3 Å². The molecule has 0 bridgehead atoms. The number of anilines is 1. The van der Waals surface area contributed by atoms with Crippen LogP contribution < -0.4 is 10.5 Å². The summed E-state index contributed by atoms with van der Waals surface area (Å²) >= 11 is 0. The van der Waals surface area contributed by atoms with Crippen LogP contribution in [-0.2, 0) is 9.84 Å². The first-order chi connectivity index (χ1) is 10.2. The van der Waals surface area contributed by atoms with Crippen LogP contribution in [0.5, 0.6) is 11.5 Å². The van der Waals surface area contributed by atoms with Crippen LogP contribution in [0.2, 0.25) is 0 Å². The highest BCUT2D eigenvalue weighted by Gasteiger charge is 2.18. The van der Waals surface area contributed by atoms with Crippen molar-refractivity contribution in [2.45, 2.75) is 4.90 Å². The predicted molar refractivity (Wildman–Crippen MR) is 77.1 cm³/mol. The van der Waals surface area contributed by atoms with E-state index in [1.54, 1.807) is 0 Å². The van der Waals surface area contributed by atoms with Gasteiger partial charge in [0.25, 0.3) is 5.69 Å². The van der Waals surface area contributed by atoms with Crippen molar-refractivity contribution in [2.75, 3.05) is 12.0 Å². The zero-order valence-electron chi connectivity index (χ0n) is 11.3. The molecule has 22 heavy (non-hydrogen) atoms. The van der Waals surface area contributed by atoms with Gasteiger partial charge in [0.1, 0.15) is 11.4 Å². The van der Waals surface area contributed by atoms with Gasteiger partial charge in [0.05, 0.1) is 15.9 Å². The number of nitrogen functional groups attached to an aromatic ring is 1. The summed E-state index contributed by atoms with van der Waals surface area (Å²) < 4.78 is 41.6. The lowest BCUT2D eigenvalue weighted by atomic mass is 10.2. The van der Waals surface area contributed by atoms with E-state index in [-0.39, 0.29) is 22.1 Å². The fraction of sp³-hybridized carbons (Fsp3) is 0.0769. The highest BCUT2D eigenvalue weighted by atomic mass is 32.2. The highest BCUT2D eigenvalue weighted by molar-refractivity contribution is 7.90. The fourth-order valence-corrected chi connectivity index (χ4v) is 2.31. The maximum atomic E-state index is 13.7. The summed E-state index contributed by atoms with van der Waals surface area (Å²) in [5, 5.41) is 10.8. The molecule has 0 aliphatic heterocycles. The van der Waals surface area contributed by atoms with Crippen LogP contribution in [0.3, 0.4) is 0 Å². The molecule has 2 aromatic carbocycles. The molecule has 0 radical (unpaired) electrons. The number of nitrogens with two attached hydrogens (primary N) is 1. The Morgan fingerprint density at radius 2 is 1.82 bits per heavy atom. The van der Waals surface area contributed by atoms with Crippen molar-refractivity contribution in [3.63, 3.8) is 0 Å². The van der Waals surface area contributed by atoms with Gasteiger partial charge >= 0.3 is 0 Å². The van der Waals surface area contributed by atoms with E-state index in [1.807, 2.05) is 0 Å².